The molecule has 0 aromatic carbocycles. The molecule has 6 nitrogen and oxygen atoms in total. The lowest BCUT2D eigenvalue weighted by Gasteiger charge is -2.33. The van der Waals surface area contributed by atoms with E-state index in [1.807, 2.05) is 13.0 Å². The maximum absolute atomic E-state index is 13.2. The van der Waals surface area contributed by atoms with Gasteiger partial charge in [0, 0.05) is 37.1 Å². The largest absolute Gasteiger partial charge is 0.353 e. The highest BCUT2D eigenvalue weighted by Gasteiger charge is 2.31. The molecule has 1 atom stereocenters. The molecule has 1 N–H and O–H groups in total. The first kappa shape index (κ1) is 24.1. The quantitative estimate of drug-likeness (QED) is 0.530. The summed E-state index contributed by atoms with van der Waals surface area (Å²) in [5.74, 6) is 0.120. The first-order chi connectivity index (χ1) is 15.3. The number of likely N-dealkylation sites (tertiary alicyclic amines) is 1. The fourth-order valence-corrected chi connectivity index (χ4v) is 5.03. The van der Waals surface area contributed by atoms with Crippen molar-refractivity contribution < 1.29 is 9.59 Å². The molecule has 1 saturated heterocycles. The number of rotatable bonds is 6. The van der Waals surface area contributed by atoms with E-state index in [4.69, 9.17) is 0 Å². The van der Waals surface area contributed by atoms with E-state index >= 15 is 0 Å². The van der Waals surface area contributed by atoms with Crippen molar-refractivity contribution in [3.05, 3.63) is 28.6 Å². The number of nitrogens with one attached hydrogen (secondary N) is 1. The molecule has 0 unspecified atom stereocenters. The van der Waals surface area contributed by atoms with Crippen LogP contribution in [-0.4, -0.2) is 40.4 Å². The number of carbonyl (C=O) groups is 2. The van der Waals surface area contributed by atoms with Crippen molar-refractivity contribution in [3.63, 3.8) is 0 Å². The topological polar surface area (TPSA) is 78.1 Å². The number of piperidine rings is 1. The number of aromatic nitrogens is 1. The van der Waals surface area contributed by atoms with Gasteiger partial charge in [-0.2, -0.15) is 5.26 Å². The number of hydrogen-bond donors (Lipinski definition) is 1. The van der Waals surface area contributed by atoms with Gasteiger partial charge >= 0.3 is 0 Å². The zero-order valence-electron chi connectivity index (χ0n) is 20.1. The molecular formula is C26H38N4O2. The number of carbonyl (C=O) groups excluding carboxylic acids is 2. The van der Waals surface area contributed by atoms with Gasteiger partial charge in [-0.3, -0.25) is 9.59 Å². The number of nitriles is 1. The molecule has 3 rings (SSSR count). The third-order valence-corrected chi connectivity index (χ3v) is 6.84. The highest BCUT2D eigenvalue weighted by molar-refractivity contribution is 6.02. The summed E-state index contributed by atoms with van der Waals surface area (Å²) in [7, 11) is 0. The Kier molecular flexibility index (Phi) is 8.17. The molecule has 6 heteroatoms. The van der Waals surface area contributed by atoms with E-state index in [9.17, 15) is 14.9 Å². The molecule has 1 saturated carbocycles. The second-order valence-corrected chi connectivity index (χ2v) is 9.93. The highest BCUT2D eigenvalue weighted by Crippen LogP contribution is 2.24. The van der Waals surface area contributed by atoms with E-state index < -0.39 is 0 Å². The molecule has 174 valence electrons. The lowest BCUT2D eigenvalue weighted by atomic mass is 9.92. The number of aryl methyl sites for hydroxylation is 1. The third-order valence-electron chi connectivity index (χ3n) is 6.84. The summed E-state index contributed by atoms with van der Waals surface area (Å²) in [5.41, 5.74) is 3.25. The van der Waals surface area contributed by atoms with Crippen molar-refractivity contribution in [1.82, 2.24) is 14.8 Å². The van der Waals surface area contributed by atoms with Crippen LogP contribution >= 0.6 is 0 Å². The fourth-order valence-electron chi connectivity index (χ4n) is 5.03. The minimum Gasteiger partial charge on any atom is -0.353 e. The second-order valence-electron chi connectivity index (χ2n) is 9.93. The van der Waals surface area contributed by atoms with Gasteiger partial charge in [0.1, 0.15) is 11.6 Å². The van der Waals surface area contributed by atoms with Gasteiger partial charge in [-0.05, 0) is 63.2 Å². The normalized spacial score (nSPS) is 20.3. The Morgan fingerprint density at radius 2 is 1.91 bits per heavy atom. The van der Waals surface area contributed by atoms with Crippen LogP contribution in [0.4, 0.5) is 0 Å². The van der Waals surface area contributed by atoms with Gasteiger partial charge in [0.2, 0.25) is 5.91 Å². The zero-order valence-corrected chi connectivity index (χ0v) is 20.1. The van der Waals surface area contributed by atoms with Crippen LogP contribution in [0.15, 0.2) is 11.6 Å². The zero-order chi connectivity index (χ0) is 23.3. The molecular weight excluding hydrogens is 400 g/mol. The molecule has 1 aliphatic heterocycles. The Morgan fingerprint density at radius 1 is 1.19 bits per heavy atom. The van der Waals surface area contributed by atoms with E-state index in [0.717, 1.165) is 49.2 Å². The van der Waals surface area contributed by atoms with Crippen molar-refractivity contribution in [1.29, 1.82) is 5.26 Å². The number of nitrogens with zero attached hydrogens (tertiary/aromatic N) is 3. The third kappa shape index (κ3) is 5.82. The Labute approximate surface area is 192 Å². The maximum Gasteiger partial charge on any atom is 0.264 e. The Hall–Kier alpha value is -2.55. The molecule has 0 radical (unpaired) electrons. The van der Waals surface area contributed by atoms with Crippen LogP contribution in [0.1, 0.15) is 75.7 Å². The van der Waals surface area contributed by atoms with Gasteiger partial charge in [-0.15, -0.1) is 0 Å². The van der Waals surface area contributed by atoms with E-state index in [1.165, 1.54) is 19.3 Å². The molecule has 2 aliphatic rings. The van der Waals surface area contributed by atoms with E-state index in [1.54, 1.807) is 11.0 Å². The molecule has 1 aromatic heterocycles. The molecule has 2 fully saturated rings. The molecule has 1 aliphatic carbocycles. The molecule has 0 bridgehead atoms. The smallest absolute Gasteiger partial charge is 0.264 e. The molecule has 2 heterocycles. The van der Waals surface area contributed by atoms with Gasteiger partial charge < -0.3 is 14.8 Å². The van der Waals surface area contributed by atoms with Crippen molar-refractivity contribution >= 4 is 17.9 Å². The summed E-state index contributed by atoms with van der Waals surface area (Å²) in [5, 5.41) is 12.9. The monoisotopic (exact) mass is 438 g/mol. The summed E-state index contributed by atoms with van der Waals surface area (Å²) in [4.78, 5) is 27.7. The Morgan fingerprint density at radius 3 is 2.56 bits per heavy atom. The van der Waals surface area contributed by atoms with Crippen LogP contribution in [0.5, 0.6) is 0 Å². The lowest BCUT2D eigenvalue weighted by molar-refractivity contribution is -0.132. The maximum atomic E-state index is 13.2. The van der Waals surface area contributed by atoms with Crippen LogP contribution in [0, 0.1) is 37.0 Å². The first-order valence-electron chi connectivity index (χ1n) is 12.2. The molecule has 32 heavy (non-hydrogen) atoms. The predicted molar refractivity (Wildman–Crippen MR) is 127 cm³/mol. The summed E-state index contributed by atoms with van der Waals surface area (Å²) in [6.07, 6.45) is 9.01. The standard InChI is InChI=1S/C26H38N4O2/c1-18(2)16-30-19(3)13-22(20(30)4)14-23(15-27)26(32)29-12-8-9-21(17-29)25(31)28-24-10-6-5-7-11-24/h13-14,18,21,24H,5-12,16-17H2,1-4H3,(H,28,31)/b23-14+/t21-/m1/s1. The molecule has 1 aromatic rings. The van der Waals surface area contributed by atoms with E-state index in [0.29, 0.717) is 19.0 Å². The van der Waals surface area contributed by atoms with Gasteiger partial charge in [-0.25, -0.2) is 0 Å². The van der Waals surface area contributed by atoms with Crippen molar-refractivity contribution in [2.45, 2.75) is 85.2 Å². The minimum absolute atomic E-state index is 0.0640. The van der Waals surface area contributed by atoms with Crippen molar-refractivity contribution in [3.8, 4) is 6.07 Å². The average molecular weight is 439 g/mol. The van der Waals surface area contributed by atoms with Gasteiger partial charge in [0.05, 0.1) is 5.92 Å². The Balaban J connectivity index is 1.69. The van der Waals surface area contributed by atoms with Gasteiger partial charge in [0.15, 0.2) is 0 Å². The number of hydrogen-bond acceptors (Lipinski definition) is 3. The number of amides is 2. The van der Waals surface area contributed by atoms with Crippen LogP contribution < -0.4 is 5.32 Å². The summed E-state index contributed by atoms with van der Waals surface area (Å²) in [6, 6.07) is 4.43. The van der Waals surface area contributed by atoms with Crippen LogP contribution in [0.2, 0.25) is 0 Å². The van der Waals surface area contributed by atoms with Crippen molar-refractivity contribution in [2.75, 3.05) is 13.1 Å². The fraction of sp³-hybridized carbons (Fsp3) is 0.654. The predicted octanol–water partition coefficient (Wildman–Crippen LogP) is 4.36. The van der Waals surface area contributed by atoms with Gasteiger partial charge in [0.25, 0.3) is 5.91 Å². The summed E-state index contributed by atoms with van der Waals surface area (Å²) < 4.78 is 2.24. The van der Waals surface area contributed by atoms with E-state index in [-0.39, 0.29) is 29.3 Å². The average Bonchev–Trinajstić information content (AvgIpc) is 3.04. The lowest BCUT2D eigenvalue weighted by Crippen LogP contribution is -2.48. The SMILES string of the molecule is Cc1cc(/C=C(\C#N)C(=O)N2CCC[C@@H](C(=O)NC3CCCCC3)C2)c(C)n1CC(C)C. The van der Waals surface area contributed by atoms with Crippen LogP contribution in [-0.2, 0) is 16.1 Å². The Bertz CT molecular complexity index is 900. The summed E-state index contributed by atoms with van der Waals surface area (Å²) in [6.45, 7) is 10.3. The van der Waals surface area contributed by atoms with Gasteiger partial charge in [-0.1, -0.05) is 33.1 Å². The van der Waals surface area contributed by atoms with Crippen molar-refractivity contribution in [2.24, 2.45) is 11.8 Å². The molecule has 0 spiro atoms. The minimum atomic E-state index is -0.267. The van der Waals surface area contributed by atoms with Crippen LogP contribution in [0.3, 0.4) is 0 Å². The van der Waals surface area contributed by atoms with Crippen LogP contribution in [0.25, 0.3) is 6.08 Å². The second kappa shape index (κ2) is 10.8. The summed E-state index contributed by atoms with van der Waals surface area (Å²) >= 11 is 0. The van der Waals surface area contributed by atoms with E-state index in [2.05, 4.69) is 36.7 Å². The first-order valence-corrected chi connectivity index (χ1v) is 12.2. The molecule has 2 amide bonds. The highest BCUT2D eigenvalue weighted by atomic mass is 16.2.